The highest BCUT2D eigenvalue weighted by Gasteiger charge is 2.22. The molecule has 0 atom stereocenters. The molecule has 0 radical (unpaired) electrons. The molecule has 1 aliphatic heterocycles. The lowest BCUT2D eigenvalue weighted by molar-refractivity contribution is 0.175. The van der Waals surface area contributed by atoms with Gasteiger partial charge in [-0.2, -0.15) is 0 Å². The molecule has 0 bridgehead atoms. The quantitative estimate of drug-likeness (QED) is 0.695. The van der Waals surface area contributed by atoms with E-state index in [1.807, 2.05) is 51.1 Å². The summed E-state index contributed by atoms with van der Waals surface area (Å²) in [7, 11) is 2.09. The molecule has 3 rings (SSSR count). The molecule has 0 aliphatic carbocycles. The average Bonchev–Trinajstić information content (AvgIpc) is 2.72. The maximum Gasteiger partial charge on any atom is 0.318 e. The van der Waals surface area contributed by atoms with E-state index in [2.05, 4.69) is 17.3 Å². The molecule has 2 amide bonds. The van der Waals surface area contributed by atoms with Gasteiger partial charge in [0.05, 0.1) is 12.6 Å². The number of carbonyl (C=O) groups is 1. The number of likely N-dealkylation sites (tertiary alicyclic amines) is 1. The normalized spacial score (nSPS) is 15.2. The van der Waals surface area contributed by atoms with Crippen LogP contribution in [0.25, 0.3) is 0 Å². The van der Waals surface area contributed by atoms with E-state index >= 15 is 0 Å². The van der Waals surface area contributed by atoms with Gasteiger partial charge in [0.15, 0.2) is 0 Å². The monoisotopic (exact) mass is 427 g/mol. The second kappa shape index (κ2) is 10.6. The number of urea groups is 1. The predicted octanol–water partition coefficient (Wildman–Crippen LogP) is 4.73. The van der Waals surface area contributed by atoms with Crippen molar-refractivity contribution < 1.29 is 13.9 Å². The van der Waals surface area contributed by atoms with E-state index in [0.717, 1.165) is 42.8 Å². The summed E-state index contributed by atoms with van der Waals surface area (Å²) in [5.41, 5.74) is 2.36. The van der Waals surface area contributed by atoms with E-state index in [1.165, 1.54) is 6.07 Å². The number of amides is 2. The summed E-state index contributed by atoms with van der Waals surface area (Å²) < 4.78 is 20.2. The van der Waals surface area contributed by atoms with Crippen LogP contribution in [-0.4, -0.2) is 48.1 Å². The summed E-state index contributed by atoms with van der Waals surface area (Å²) in [6.45, 7) is 8.38. The Labute approximate surface area is 185 Å². The second-order valence-electron chi connectivity index (χ2n) is 8.79. The van der Waals surface area contributed by atoms with Gasteiger partial charge in [-0.05, 0) is 83.1 Å². The van der Waals surface area contributed by atoms with Gasteiger partial charge in [0, 0.05) is 18.2 Å². The van der Waals surface area contributed by atoms with Crippen LogP contribution in [-0.2, 0) is 13.1 Å². The van der Waals surface area contributed by atoms with Crippen molar-refractivity contribution in [3.63, 3.8) is 0 Å². The van der Waals surface area contributed by atoms with Crippen LogP contribution in [0.2, 0.25) is 0 Å². The van der Waals surface area contributed by atoms with E-state index in [4.69, 9.17) is 4.74 Å². The molecule has 1 heterocycles. The molecular weight excluding hydrogens is 393 g/mol. The predicted molar refractivity (Wildman–Crippen MR) is 122 cm³/mol. The van der Waals surface area contributed by atoms with Crippen molar-refractivity contribution in [3.8, 4) is 5.75 Å². The molecule has 2 aromatic rings. The maximum atomic E-state index is 14.5. The number of benzene rings is 2. The van der Waals surface area contributed by atoms with Gasteiger partial charge >= 0.3 is 6.03 Å². The molecule has 0 unspecified atom stereocenters. The molecule has 31 heavy (non-hydrogen) atoms. The molecule has 6 heteroatoms. The lowest BCUT2D eigenvalue weighted by Crippen LogP contribution is -2.48. The third kappa shape index (κ3) is 6.96. The first-order valence-electron chi connectivity index (χ1n) is 11.0. The highest BCUT2D eigenvalue weighted by Crippen LogP contribution is 2.19. The smallest absolute Gasteiger partial charge is 0.318 e. The minimum atomic E-state index is -0.280. The van der Waals surface area contributed by atoms with Gasteiger partial charge in [-0.3, -0.25) is 0 Å². The van der Waals surface area contributed by atoms with Crippen molar-refractivity contribution in [1.82, 2.24) is 15.1 Å². The van der Waals surface area contributed by atoms with Crippen LogP contribution in [0.1, 0.15) is 43.4 Å². The van der Waals surface area contributed by atoms with E-state index in [0.29, 0.717) is 12.1 Å². The number of nitrogens with one attached hydrogen (secondary N) is 1. The van der Waals surface area contributed by atoms with Gasteiger partial charge in [-0.25, -0.2) is 9.18 Å². The van der Waals surface area contributed by atoms with Gasteiger partial charge < -0.3 is 19.9 Å². The number of hydrogen-bond donors (Lipinski definition) is 1. The Kier molecular flexibility index (Phi) is 7.91. The Bertz CT molecular complexity index is 862. The number of aryl methyl sites for hydroxylation is 1. The van der Waals surface area contributed by atoms with E-state index < -0.39 is 0 Å². The van der Waals surface area contributed by atoms with Crippen LogP contribution >= 0.6 is 0 Å². The molecule has 2 aromatic carbocycles. The molecular formula is C25H34FN3O2. The van der Waals surface area contributed by atoms with E-state index in [-0.39, 0.29) is 30.5 Å². The third-order valence-corrected chi connectivity index (χ3v) is 5.57. The highest BCUT2D eigenvalue weighted by molar-refractivity contribution is 5.74. The minimum Gasteiger partial charge on any atom is -0.491 e. The fraction of sp³-hybridized carbons (Fsp3) is 0.480. The molecule has 5 nitrogen and oxygen atoms in total. The van der Waals surface area contributed by atoms with Crippen LogP contribution in [0.4, 0.5) is 9.18 Å². The summed E-state index contributed by atoms with van der Waals surface area (Å²) in [6, 6.07) is 12.9. The zero-order valence-corrected chi connectivity index (χ0v) is 19.0. The minimum absolute atomic E-state index is 0.104. The Balaban J connectivity index is 1.73. The average molecular weight is 428 g/mol. The zero-order valence-electron chi connectivity index (χ0n) is 19.0. The summed E-state index contributed by atoms with van der Waals surface area (Å²) in [4.78, 5) is 17.1. The first-order valence-corrected chi connectivity index (χ1v) is 11.0. The molecule has 1 fully saturated rings. The maximum absolute atomic E-state index is 14.5. The molecule has 168 valence electrons. The Hall–Kier alpha value is -2.60. The molecule has 0 spiro atoms. The highest BCUT2D eigenvalue weighted by atomic mass is 19.1. The van der Waals surface area contributed by atoms with Crippen molar-refractivity contribution >= 4 is 6.03 Å². The molecule has 1 N–H and O–H groups in total. The van der Waals surface area contributed by atoms with Crippen LogP contribution in [0.5, 0.6) is 5.75 Å². The Morgan fingerprint density at radius 1 is 1.16 bits per heavy atom. The Morgan fingerprint density at radius 3 is 2.45 bits per heavy atom. The first kappa shape index (κ1) is 23.1. The van der Waals surface area contributed by atoms with Crippen molar-refractivity contribution in [3.05, 3.63) is 65.0 Å². The van der Waals surface area contributed by atoms with Crippen molar-refractivity contribution in [2.24, 2.45) is 0 Å². The SMILES string of the molecule is Cc1ccc(CN(Cc2ccc(OC(C)C)cc2)C(=O)NC2CCN(C)CC2)c(F)c1. The van der Waals surface area contributed by atoms with Gasteiger partial charge in [-0.1, -0.05) is 24.3 Å². The van der Waals surface area contributed by atoms with E-state index in [9.17, 15) is 9.18 Å². The number of rotatable bonds is 7. The Morgan fingerprint density at radius 2 is 1.84 bits per heavy atom. The largest absolute Gasteiger partial charge is 0.491 e. The van der Waals surface area contributed by atoms with Gasteiger partial charge in [0.1, 0.15) is 11.6 Å². The molecule has 1 saturated heterocycles. The second-order valence-corrected chi connectivity index (χ2v) is 8.79. The third-order valence-electron chi connectivity index (χ3n) is 5.57. The number of piperidine rings is 1. The van der Waals surface area contributed by atoms with Gasteiger partial charge in [0.2, 0.25) is 0 Å². The number of carbonyl (C=O) groups excluding carboxylic acids is 1. The molecule has 0 saturated carbocycles. The van der Waals surface area contributed by atoms with Gasteiger partial charge in [0.25, 0.3) is 0 Å². The van der Waals surface area contributed by atoms with Crippen LogP contribution in [0.3, 0.4) is 0 Å². The zero-order chi connectivity index (χ0) is 22.4. The summed E-state index contributed by atoms with van der Waals surface area (Å²) in [5, 5.41) is 3.16. The summed E-state index contributed by atoms with van der Waals surface area (Å²) >= 11 is 0. The standard InChI is InChI=1S/C25H34FN3O2/c1-18(2)31-23-9-6-20(7-10-23)16-29(17-21-8-5-19(3)15-24(21)26)25(30)27-22-11-13-28(4)14-12-22/h5-10,15,18,22H,11-14,16-17H2,1-4H3,(H,27,30). The summed E-state index contributed by atoms with van der Waals surface area (Å²) in [6.07, 6.45) is 1.96. The number of hydrogen-bond acceptors (Lipinski definition) is 3. The van der Waals surface area contributed by atoms with Crippen LogP contribution in [0, 0.1) is 12.7 Å². The topological polar surface area (TPSA) is 44.8 Å². The van der Waals surface area contributed by atoms with Crippen LogP contribution in [0.15, 0.2) is 42.5 Å². The van der Waals surface area contributed by atoms with Crippen molar-refractivity contribution in [1.29, 1.82) is 0 Å². The first-order chi connectivity index (χ1) is 14.8. The lowest BCUT2D eigenvalue weighted by Gasteiger charge is -2.32. The van der Waals surface area contributed by atoms with Crippen molar-refractivity contribution in [2.75, 3.05) is 20.1 Å². The fourth-order valence-electron chi connectivity index (χ4n) is 3.77. The van der Waals surface area contributed by atoms with Crippen LogP contribution < -0.4 is 10.1 Å². The molecule has 1 aliphatic rings. The molecule has 0 aromatic heterocycles. The van der Waals surface area contributed by atoms with E-state index in [1.54, 1.807) is 11.0 Å². The lowest BCUT2D eigenvalue weighted by atomic mass is 10.1. The van der Waals surface area contributed by atoms with Crippen molar-refractivity contribution in [2.45, 2.75) is 58.8 Å². The number of halogens is 1. The fourth-order valence-corrected chi connectivity index (χ4v) is 3.77. The number of nitrogens with zero attached hydrogens (tertiary/aromatic N) is 2. The number of ether oxygens (including phenoxy) is 1. The summed E-state index contributed by atoms with van der Waals surface area (Å²) in [5.74, 6) is 0.517. The van der Waals surface area contributed by atoms with Gasteiger partial charge in [-0.15, -0.1) is 0 Å².